The lowest BCUT2D eigenvalue weighted by Gasteiger charge is -2.03. The van der Waals surface area contributed by atoms with E-state index in [9.17, 15) is 4.79 Å². The van der Waals surface area contributed by atoms with Crippen LogP contribution in [-0.4, -0.2) is 10.8 Å². The smallest absolute Gasteiger partial charge is 0.188 e. The molecule has 0 unspecified atom stereocenters. The van der Waals surface area contributed by atoms with Crippen LogP contribution in [0.1, 0.15) is 10.4 Å². The van der Waals surface area contributed by atoms with Gasteiger partial charge >= 0.3 is 0 Å². The minimum absolute atomic E-state index is 0.148. The number of hydrogen-bond donors (Lipinski definition) is 0. The Balaban J connectivity index is 1.76. The molecule has 4 heteroatoms. The molecule has 1 heterocycles. The molecule has 3 aromatic rings. The van der Waals surface area contributed by atoms with Gasteiger partial charge in [-0.25, -0.2) is 0 Å². The van der Waals surface area contributed by atoms with Crippen molar-refractivity contribution >= 4 is 28.3 Å². The number of halogens is 1. The number of benzene rings is 2. The minimum Gasteiger partial charge on any atom is -0.463 e. The molecule has 0 aliphatic carbocycles. The van der Waals surface area contributed by atoms with E-state index in [1.807, 2.05) is 30.3 Å². The Hall–Kier alpha value is -2.65. The van der Waals surface area contributed by atoms with E-state index in [-0.39, 0.29) is 5.78 Å². The van der Waals surface area contributed by atoms with Crippen LogP contribution in [-0.2, 0) is 0 Å². The van der Waals surface area contributed by atoms with Gasteiger partial charge in [0.25, 0.3) is 0 Å². The number of carbonyl (C=O) groups is 1. The molecule has 0 saturated heterocycles. The second-order valence-electron chi connectivity index (χ2n) is 4.62. The first-order chi connectivity index (χ1) is 10.7. The number of pyridine rings is 1. The molecule has 0 atom stereocenters. The minimum atomic E-state index is -0.148. The molecule has 0 saturated carbocycles. The molecular weight excluding hydrogens is 298 g/mol. The van der Waals surface area contributed by atoms with Gasteiger partial charge in [-0.2, -0.15) is 0 Å². The summed E-state index contributed by atoms with van der Waals surface area (Å²) in [6.07, 6.45) is 4.46. The Morgan fingerprint density at radius 2 is 1.82 bits per heavy atom. The third kappa shape index (κ3) is 3.15. The second-order valence-corrected chi connectivity index (χ2v) is 5.06. The first kappa shape index (κ1) is 14.3. The van der Waals surface area contributed by atoms with E-state index in [4.69, 9.17) is 16.3 Å². The van der Waals surface area contributed by atoms with Gasteiger partial charge in [-0.05, 0) is 36.4 Å². The number of para-hydroxylation sites is 1. The molecule has 0 spiro atoms. The van der Waals surface area contributed by atoms with Crippen LogP contribution in [0.15, 0.2) is 73.1 Å². The first-order valence-electron chi connectivity index (χ1n) is 6.71. The van der Waals surface area contributed by atoms with Crippen molar-refractivity contribution in [2.45, 2.75) is 0 Å². The summed E-state index contributed by atoms with van der Waals surface area (Å²) in [7, 11) is 0. The van der Waals surface area contributed by atoms with Crippen LogP contribution in [0.5, 0.6) is 5.75 Å². The van der Waals surface area contributed by atoms with Crippen molar-refractivity contribution in [1.29, 1.82) is 0 Å². The molecular formula is C18H12ClNO2. The zero-order chi connectivity index (χ0) is 15.4. The van der Waals surface area contributed by atoms with Crippen molar-refractivity contribution in [2.75, 3.05) is 0 Å². The number of fused-ring (bicyclic) bond motifs is 1. The summed E-state index contributed by atoms with van der Waals surface area (Å²) in [6, 6.07) is 16.2. The molecule has 3 nitrogen and oxygen atoms in total. The van der Waals surface area contributed by atoms with Gasteiger partial charge in [0.05, 0.1) is 6.26 Å². The lowest BCUT2D eigenvalue weighted by atomic mass is 10.1. The number of nitrogens with zero attached hydrogens (tertiary/aromatic N) is 1. The Morgan fingerprint density at radius 3 is 2.64 bits per heavy atom. The van der Waals surface area contributed by atoms with Crippen LogP contribution in [0.2, 0.25) is 5.02 Å². The van der Waals surface area contributed by atoms with Gasteiger partial charge in [0.15, 0.2) is 11.5 Å². The summed E-state index contributed by atoms with van der Waals surface area (Å²) in [4.78, 5) is 16.3. The van der Waals surface area contributed by atoms with E-state index >= 15 is 0 Å². The fraction of sp³-hybridized carbons (Fsp3) is 0. The maximum absolute atomic E-state index is 12.0. The van der Waals surface area contributed by atoms with E-state index in [0.717, 1.165) is 10.9 Å². The fourth-order valence-electron chi connectivity index (χ4n) is 2.05. The highest BCUT2D eigenvalue weighted by Crippen LogP contribution is 2.23. The van der Waals surface area contributed by atoms with Crippen molar-refractivity contribution in [3.8, 4) is 5.75 Å². The van der Waals surface area contributed by atoms with Crippen molar-refractivity contribution < 1.29 is 9.53 Å². The van der Waals surface area contributed by atoms with Gasteiger partial charge in [-0.1, -0.05) is 29.8 Å². The Kier molecular flexibility index (Phi) is 4.17. The average Bonchev–Trinajstić information content (AvgIpc) is 2.55. The summed E-state index contributed by atoms with van der Waals surface area (Å²) < 4.78 is 5.55. The number of rotatable bonds is 4. The molecule has 0 radical (unpaired) electrons. The van der Waals surface area contributed by atoms with Gasteiger partial charge in [0.1, 0.15) is 5.52 Å². The summed E-state index contributed by atoms with van der Waals surface area (Å²) >= 11 is 5.80. The molecule has 0 fully saturated rings. The monoisotopic (exact) mass is 309 g/mol. The number of allylic oxidation sites excluding steroid dienone is 1. The predicted molar refractivity (Wildman–Crippen MR) is 87.3 cm³/mol. The normalized spacial score (nSPS) is 11.0. The fourth-order valence-corrected chi connectivity index (χ4v) is 2.18. The summed E-state index contributed by atoms with van der Waals surface area (Å²) in [5.41, 5.74) is 1.31. The van der Waals surface area contributed by atoms with Gasteiger partial charge in [-0.15, -0.1) is 0 Å². The predicted octanol–water partition coefficient (Wildman–Crippen LogP) is 4.66. The highest BCUT2D eigenvalue weighted by Gasteiger charge is 2.03. The number of ketones is 1. The van der Waals surface area contributed by atoms with Crippen molar-refractivity contribution in [1.82, 2.24) is 4.98 Å². The zero-order valence-corrected chi connectivity index (χ0v) is 12.3. The number of carbonyl (C=O) groups excluding carboxylic acids is 1. The lowest BCUT2D eigenvalue weighted by molar-refractivity contribution is 0.104. The highest BCUT2D eigenvalue weighted by atomic mass is 35.5. The van der Waals surface area contributed by atoms with Crippen LogP contribution in [0, 0.1) is 0 Å². The summed E-state index contributed by atoms with van der Waals surface area (Å²) in [5.74, 6) is 0.461. The molecule has 1 aromatic heterocycles. The van der Waals surface area contributed by atoms with E-state index in [2.05, 4.69) is 4.98 Å². The largest absolute Gasteiger partial charge is 0.463 e. The Labute approximate surface area is 132 Å². The van der Waals surface area contributed by atoms with Crippen molar-refractivity contribution in [3.63, 3.8) is 0 Å². The quantitative estimate of drug-likeness (QED) is 0.399. The van der Waals surface area contributed by atoms with Gasteiger partial charge < -0.3 is 4.74 Å². The number of ether oxygens (including phenoxy) is 1. The second kappa shape index (κ2) is 6.41. The zero-order valence-electron chi connectivity index (χ0n) is 11.6. The molecule has 0 aliphatic heterocycles. The number of aromatic nitrogens is 1. The SMILES string of the molecule is O=C(/C=C/Oc1cccc2cccnc12)c1ccc(Cl)cc1. The standard InChI is InChI=1S/C18H12ClNO2/c19-15-8-6-13(7-9-15)16(21)10-12-22-17-5-1-3-14-4-2-11-20-18(14)17/h1-12H/b12-10+. The maximum Gasteiger partial charge on any atom is 0.188 e. The third-order valence-corrected chi connectivity index (χ3v) is 3.39. The van der Waals surface area contributed by atoms with E-state index in [1.54, 1.807) is 30.5 Å². The van der Waals surface area contributed by atoms with Crippen LogP contribution in [0.4, 0.5) is 0 Å². The van der Waals surface area contributed by atoms with Crippen LogP contribution < -0.4 is 4.74 Å². The van der Waals surface area contributed by atoms with Crippen LogP contribution in [0.3, 0.4) is 0 Å². The van der Waals surface area contributed by atoms with Crippen molar-refractivity contribution in [2.24, 2.45) is 0 Å². The Bertz CT molecular complexity index is 836. The molecule has 0 amide bonds. The summed E-state index contributed by atoms with van der Waals surface area (Å²) in [6.45, 7) is 0. The van der Waals surface area contributed by atoms with Gasteiger partial charge in [-0.3, -0.25) is 9.78 Å². The molecule has 0 bridgehead atoms. The summed E-state index contributed by atoms with van der Waals surface area (Å²) in [5, 5.41) is 1.58. The molecule has 2 aromatic carbocycles. The maximum atomic E-state index is 12.0. The number of hydrogen-bond acceptors (Lipinski definition) is 3. The van der Waals surface area contributed by atoms with E-state index < -0.39 is 0 Å². The first-order valence-corrected chi connectivity index (χ1v) is 7.09. The van der Waals surface area contributed by atoms with Crippen molar-refractivity contribution in [3.05, 3.63) is 83.7 Å². The lowest BCUT2D eigenvalue weighted by Crippen LogP contribution is -1.95. The molecule has 22 heavy (non-hydrogen) atoms. The molecule has 0 aliphatic rings. The molecule has 3 rings (SSSR count). The van der Waals surface area contributed by atoms with Gasteiger partial charge in [0.2, 0.25) is 0 Å². The highest BCUT2D eigenvalue weighted by molar-refractivity contribution is 6.30. The van der Waals surface area contributed by atoms with Gasteiger partial charge in [0, 0.05) is 28.2 Å². The molecule has 0 N–H and O–H groups in total. The van der Waals surface area contributed by atoms with E-state index in [1.165, 1.54) is 12.3 Å². The third-order valence-electron chi connectivity index (χ3n) is 3.14. The van der Waals surface area contributed by atoms with E-state index in [0.29, 0.717) is 16.3 Å². The van der Waals surface area contributed by atoms with Crippen LogP contribution in [0.25, 0.3) is 10.9 Å². The average molecular weight is 310 g/mol. The Morgan fingerprint density at radius 1 is 1.05 bits per heavy atom. The van der Waals surface area contributed by atoms with Crippen LogP contribution >= 0.6 is 11.6 Å². The molecule has 108 valence electrons. The topological polar surface area (TPSA) is 39.2 Å².